The van der Waals surface area contributed by atoms with E-state index in [4.69, 9.17) is 9.47 Å². The lowest BCUT2D eigenvalue weighted by Gasteiger charge is -2.28. The van der Waals surface area contributed by atoms with Gasteiger partial charge in [0.1, 0.15) is 18.1 Å². The van der Waals surface area contributed by atoms with Crippen molar-refractivity contribution in [2.75, 3.05) is 19.8 Å². The molecule has 4 rings (SSSR count). The number of hydrogen-bond acceptors (Lipinski definition) is 6. The molecule has 2 aliphatic heterocycles. The number of carbonyl (C=O) groups is 1. The Bertz CT molecular complexity index is 952. The van der Waals surface area contributed by atoms with Crippen LogP contribution in [0.3, 0.4) is 0 Å². The summed E-state index contributed by atoms with van der Waals surface area (Å²) in [5.74, 6) is -0.602. The predicted molar refractivity (Wildman–Crippen MR) is 84.3 cm³/mol. The number of nitrogens with one attached hydrogen (secondary N) is 1. The van der Waals surface area contributed by atoms with E-state index in [1.165, 1.54) is 10.4 Å². The number of carboxylic acids is 1. The minimum atomic E-state index is -3.87. The van der Waals surface area contributed by atoms with Gasteiger partial charge in [-0.2, -0.15) is 9.40 Å². The average molecular weight is 365 g/mol. The molecule has 0 fully saturated rings. The minimum Gasteiger partial charge on any atom is -0.486 e. The number of aromatic carboxylic acids is 1. The predicted octanol–water partition coefficient (Wildman–Crippen LogP) is 0.626. The molecule has 132 valence electrons. The fourth-order valence-corrected chi connectivity index (χ4v) is 4.59. The number of H-pyrrole nitrogens is 1. The molecule has 3 heterocycles. The molecule has 9 nitrogen and oxygen atoms in total. The number of rotatable bonds is 3. The molecule has 0 amide bonds. The summed E-state index contributed by atoms with van der Waals surface area (Å²) in [6.45, 7) is 0.802. The third-order valence-corrected chi connectivity index (χ3v) is 6.12. The van der Waals surface area contributed by atoms with Crippen LogP contribution in [0.2, 0.25) is 0 Å². The number of aromatic nitrogens is 2. The van der Waals surface area contributed by atoms with E-state index >= 15 is 0 Å². The molecule has 0 aliphatic carbocycles. The van der Waals surface area contributed by atoms with Gasteiger partial charge in [-0.3, -0.25) is 5.10 Å². The number of benzene rings is 1. The number of fused-ring (bicyclic) bond motifs is 2. The third-order valence-electron chi connectivity index (χ3n) is 4.25. The van der Waals surface area contributed by atoms with Crippen molar-refractivity contribution >= 4 is 16.0 Å². The maximum atomic E-state index is 13.1. The molecule has 25 heavy (non-hydrogen) atoms. The van der Waals surface area contributed by atoms with Crippen molar-refractivity contribution in [2.45, 2.75) is 17.9 Å². The molecule has 0 bridgehead atoms. The Morgan fingerprint density at radius 2 is 2.08 bits per heavy atom. The first-order valence-corrected chi connectivity index (χ1v) is 9.10. The molecule has 0 spiro atoms. The highest BCUT2D eigenvalue weighted by molar-refractivity contribution is 7.89. The summed E-state index contributed by atoms with van der Waals surface area (Å²) >= 11 is 0. The standard InChI is InChI=1S/C15H15N3O6S/c19-15(20)13-9-8-18(5-4-10(9)16-17-13)25(21,22)12-3-1-2-11-14(12)24-7-6-23-11/h1-3H,4-8H2,(H,16,17)(H,19,20). The van der Waals surface area contributed by atoms with E-state index in [1.807, 2.05) is 0 Å². The zero-order chi connectivity index (χ0) is 17.6. The molecule has 0 radical (unpaired) electrons. The second-order valence-corrected chi connectivity index (χ2v) is 7.61. The van der Waals surface area contributed by atoms with Gasteiger partial charge in [0.05, 0.1) is 0 Å². The molecule has 10 heteroatoms. The van der Waals surface area contributed by atoms with Gasteiger partial charge in [-0.25, -0.2) is 13.2 Å². The third kappa shape index (κ3) is 2.53. The van der Waals surface area contributed by atoms with Crippen molar-refractivity contribution in [1.82, 2.24) is 14.5 Å². The molecule has 1 aromatic heterocycles. The molecular formula is C15H15N3O6S. The first-order valence-electron chi connectivity index (χ1n) is 7.66. The lowest BCUT2D eigenvalue weighted by molar-refractivity contribution is 0.0688. The van der Waals surface area contributed by atoms with Crippen molar-refractivity contribution in [3.63, 3.8) is 0 Å². The van der Waals surface area contributed by atoms with E-state index in [0.29, 0.717) is 30.0 Å². The highest BCUT2D eigenvalue weighted by Gasteiger charge is 2.35. The van der Waals surface area contributed by atoms with E-state index in [2.05, 4.69) is 10.2 Å². The second-order valence-electron chi connectivity index (χ2n) is 5.70. The summed E-state index contributed by atoms with van der Waals surface area (Å²) in [5, 5.41) is 15.6. The maximum Gasteiger partial charge on any atom is 0.356 e. The van der Waals surface area contributed by atoms with Gasteiger partial charge in [0.15, 0.2) is 17.2 Å². The number of sulfonamides is 1. The molecule has 2 aliphatic rings. The Labute approximate surface area is 143 Å². The summed E-state index contributed by atoms with van der Waals surface area (Å²) in [6.07, 6.45) is 0.362. The quantitative estimate of drug-likeness (QED) is 0.818. The molecule has 0 saturated carbocycles. The Balaban J connectivity index is 1.73. The van der Waals surface area contributed by atoms with Gasteiger partial charge in [-0.05, 0) is 12.1 Å². The summed E-state index contributed by atoms with van der Waals surface area (Å²) in [5.41, 5.74) is 0.896. The van der Waals surface area contributed by atoms with Gasteiger partial charge in [0, 0.05) is 30.8 Å². The fraction of sp³-hybridized carbons (Fsp3) is 0.333. The number of carboxylic acid groups (broad SMARTS) is 1. The van der Waals surface area contributed by atoms with Crippen LogP contribution in [0.4, 0.5) is 0 Å². The van der Waals surface area contributed by atoms with Crippen LogP contribution >= 0.6 is 0 Å². The SMILES string of the molecule is O=C(O)c1n[nH]c2c1CN(S(=O)(=O)c1cccc3c1OCCO3)CC2. The number of nitrogens with zero attached hydrogens (tertiary/aromatic N) is 2. The zero-order valence-corrected chi connectivity index (χ0v) is 13.9. The Morgan fingerprint density at radius 1 is 1.28 bits per heavy atom. The fourth-order valence-electron chi connectivity index (χ4n) is 3.04. The Morgan fingerprint density at radius 3 is 2.88 bits per heavy atom. The molecule has 0 saturated heterocycles. The highest BCUT2D eigenvalue weighted by Crippen LogP contribution is 2.38. The lowest BCUT2D eigenvalue weighted by atomic mass is 10.1. The van der Waals surface area contributed by atoms with Crippen molar-refractivity contribution in [2.24, 2.45) is 0 Å². The minimum absolute atomic E-state index is 0.0218. The van der Waals surface area contributed by atoms with Crippen molar-refractivity contribution in [1.29, 1.82) is 0 Å². The Hall–Kier alpha value is -2.59. The van der Waals surface area contributed by atoms with Crippen LogP contribution in [-0.2, 0) is 23.0 Å². The van der Waals surface area contributed by atoms with Gasteiger partial charge in [0.25, 0.3) is 0 Å². The monoisotopic (exact) mass is 365 g/mol. The van der Waals surface area contributed by atoms with E-state index in [1.54, 1.807) is 12.1 Å². The zero-order valence-electron chi connectivity index (χ0n) is 13.1. The lowest BCUT2D eigenvalue weighted by Crippen LogP contribution is -2.36. The first kappa shape index (κ1) is 15.9. The van der Waals surface area contributed by atoms with Crippen LogP contribution in [0, 0.1) is 0 Å². The summed E-state index contributed by atoms with van der Waals surface area (Å²) in [4.78, 5) is 11.3. The largest absolute Gasteiger partial charge is 0.486 e. The van der Waals surface area contributed by atoms with Gasteiger partial charge >= 0.3 is 5.97 Å². The molecule has 2 aromatic rings. The Kier molecular flexibility index (Phi) is 3.65. The van der Waals surface area contributed by atoms with E-state index in [0.717, 1.165) is 0 Å². The average Bonchev–Trinajstić information content (AvgIpc) is 3.04. The highest BCUT2D eigenvalue weighted by atomic mass is 32.2. The number of para-hydroxylation sites is 1. The van der Waals surface area contributed by atoms with Crippen molar-refractivity contribution in [3.05, 3.63) is 35.2 Å². The molecule has 0 unspecified atom stereocenters. The van der Waals surface area contributed by atoms with Gasteiger partial charge in [-0.1, -0.05) is 6.07 Å². The van der Waals surface area contributed by atoms with Gasteiger partial charge in [0.2, 0.25) is 10.0 Å². The maximum absolute atomic E-state index is 13.1. The summed E-state index contributed by atoms with van der Waals surface area (Å²) in [6, 6.07) is 4.71. The molecule has 2 N–H and O–H groups in total. The van der Waals surface area contributed by atoms with Crippen LogP contribution in [0.25, 0.3) is 0 Å². The van der Waals surface area contributed by atoms with Gasteiger partial charge < -0.3 is 14.6 Å². The number of ether oxygens (including phenoxy) is 2. The van der Waals surface area contributed by atoms with Crippen LogP contribution in [0.5, 0.6) is 11.5 Å². The van der Waals surface area contributed by atoms with Crippen molar-refractivity contribution in [3.8, 4) is 11.5 Å². The van der Waals surface area contributed by atoms with Crippen molar-refractivity contribution < 1.29 is 27.8 Å². The first-order chi connectivity index (χ1) is 12.0. The summed E-state index contributed by atoms with van der Waals surface area (Å²) < 4.78 is 38.4. The van der Waals surface area contributed by atoms with E-state index in [9.17, 15) is 18.3 Å². The van der Waals surface area contributed by atoms with Crippen LogP contribution < -0.4 is 9.47 Å². The van der Waals surface area contributed by atoms with E-state index in [-0.39, 0.29) is 36.0 Å². The van der Waals surface area contributed by atoms with Crippen LogP contribution in [0.15, 0.2) is 23.1 Å². The van der Waals surface area contributed by atoms with Crippen LogP contribution in [0.1, 0.15) is 21.7 Å². The molecular weight excluding hydrogens is 350 g/mol. The normalized spacial score (nSPS) is 17.1. The molecule has 1 aromatic carbocycles. The van der Waals surface area contributed by atoms with Gasteiger partial charge in [-0.15, -0.1) is 0 Å². The number of aromatic amines is 1. The topological polar surface area (TPSA) is 122 Å². The van der Waals surface area contributed by atoms with Crippen LogP contribution in [-0.4, -0.2) is 53.8 Å². The number of hydrogen-bond donors (Lipinski definition) is 2. The second kappa shape index (κ2) is 5.74. The smallest absolute Gasteiger partial charge is 0.356 e. The summed E-state index contributed by atoms with van der Waals surface area (Å²) in [7, 11) is -3.87. The van der Waals surface area contributed by atoms with E-state index < -0.39 is 16.0 Å². The molecule has 0 atom stereocenters.